The summed E-state index contributed by atoms with van der Waals surface area (Å²) in [6, 6.07) is 0. The first-order valence-electron chi connectivity index (χ1n) is 4.77. The predicted octanol–water partition coefficient (Wildman–Crippen LogP) is 1.97. The van der Waals surface area contributed by atoms with Crippen molar-refractivity contribution in [3.05, 3.63) is 23.3 Å². The van der Waals surface area contributed by atoms with E-state index >= 15 is 0 Å². The Labute approximate surface area is 95.0 Å². The summed E-state index contributed by atoms with van der Waals surface area (Å²) >= 11 is 0. The summed E-state index contributed by atoms with van der Waals surface area (Å²) in [4.78, 5) is 14.2. The van der Waals surface area contributed by atoms with Gasteiger partial charge in [0.05, 0.1) is 19.2 Å². The number of carbonyl (C=O) groups is 1. The fourth-order valence-electron chi connectivity index (χ4n) is 1.21. The molecular weight excluding hydrogens is 239 g/mol. The second kappa shape index (κ2) is 5.51. The Morgan fingerprint density at radius 2 is 2.24 bits per heavy atom. The topological polar surface area (TPSA) is 59.4 Å². The van der Waals surface area contributed by atoms with Gasteiger partial charge in [-0.3, -0.25) is 4.79 Å². The number of carbonyl (C=O) groups excluding carboxylic acids is 1. The minimum Gasteiger partial charge on any atom is -0.506 e. The zero-order valence-electron chi connectivity index (χ0n) is 8.91. The average molecular weight is 249 g/mol. The highest BCUT2D eigenvalue weighted by atomic mass is 19.3. The zero-order chi connectivity index (χ0) is 13.0. The van der Waals surface area contributed by atoms with Crippen LogP contribution in [0.2, 0.25) is 0 Å². The monoisotopic (exact) mass is 249 g/mol. The van der Waals surface area contributed by atoms with E-state index < -0.39 is 41.6 Å². The fraction of sp³-hybridized carbons (Fsp3) is 0.400. The van der Waals surface area contributed by atoms with E-state index in [0.717, 1.165) is 0 Å². The molecule has 0 bridgehead atoms. The Balaban J connectivity index is 3.05. The molecule has 0 radical (unpaired) electrons. The van der Waals surface area contributed by atoms with Crippen LogP contribution in [0, 0.1) is 5.82 Å². The molecule has 0 spiro atoms. The SMILES string of the molecule is CCOC(=O)Cc1c(O)cnc(C(F)F)c1F. The molecule has 7 heteroatoms. The zero-order valence-corrected chi connectivity index (χ0v) is 8.91. The normalized spacial score (nSPS) is 10.6. The van der Waals surface area contributed by atoms with Crippen molar-refractivity contribution in [2.24, 2.45) is 0 Å². The Bertz CT molecular complexity index is 424. The van der Waals surface area contributed by atoms with Gasteiger partial charge in [0.2, 0.25) is 0 Å². The minimum absolute atomic E-state index is 0.0774. The van der Waals surface area contributed by atoms with Crippen LogP contribution in [0.15, 0.2) is 6.20 Å². The molecule has 0 aliphatic heterocycles. The van der Waals surface area contributed by atoms with E-state index in [2.05, 4.69) is 9.72 Å². The van der Waals surface area contributed by atoms with E-state index in [-0.39, 0.29) is 6.61 Å². The lowest BCUT2D eigenvalue weighted by Gasteiger charge is -2.08. The number of aromatic nitrogens is 1. The van der Waals surface area contributed by atoms with E-state index in [0.29, 0.717) is 6.20 Å². The van der Waals surface area contributed by atoms with Crippen molar-refractivity contribution >= 4 is 5.97 Å². The second-order valence-electron chi connectivity index (χ2n) is 3.10. The highest BCUT2D eigenvalue weighted by molar-refractivity contribution is 5.73. The lowest BCUT2D eigenvalue weighted by Crippen LogP contribution is -2.11. The molecule has 1 N–H and O–H groups in total. The molecule has 1 rings (SSSR count). The van der Waals surface area contributed by atoms with Crippen LogP contribution >= 0.6 is 0 Å². The van der Waals surface area contributed by atoms with Gasteiger partial charge in [0.25, 0.3) is 6.43 Å². The van der Waals surface area contributed by atoms with E-state index in [4.69, 9.17) is 0 Å². The number of nitrogens with zero attached hydrogens (tertiary/aromatic N) is 1. The summed E-state index contributed by atoms with van der Waals surface area (Å²) in [5.74, 6) is -2.85. The third kappa shape index (κ3) is 3.08. The molecule has 0 atom stereocenters. The fourth-order valence-corrected chi connectivity index (χ4v) is 1.21. The maximum absolute atomic E-state index is 13.5. The second-order valence-corrected chi connectivity index (χ2v) is 3.10. The van der Waals surface area contributed by atoms with E-state index in [9.17, 15) is 23.1 Å². The van der Waals surface area contributed by atoms with Gasteiger partial charge in [-0.2, -0.15) is 0 Å². The van der Waals surface area contributed by atoms with Gasteiger partial charge >= 0.3 is 5.97 Å². The van der Waals surface area contributed by atoms with E-state index in [1.807, 2.05) is 0 Å². The van der Waals surface area contributed by atoms with Crippen molar-refractivity contribution in [2.75, 3.05) is 6.61 Å². The molecule has 0 aliphatic carbocycles. The largest absolute Gasteiger partial charge is 0.506 e. The maximum Gasteiger partial charge on any atom is 0.310 e. The predicted molar refractivity (Wildman–Crippen MR) is 51.2 cm³/mol. The van der Waals surface area contributed by atoms with Crippen LogP contribution in [0.4, 0.5) is 13.2 Å². The number of pyridine rings is 1. The van der Waals surface area contributed by atoms with Gasteiger partial charge in [-0.05, 0) is 6.92 Å². The lowest BCUT2D eigenvalue weighted by atomic mass is 10.1. The molecule has 1 aromatic rings. The Morgan fingerprint density at radius 1 is 1.59 bits per heavy atom. The van der Waals surface area contributed by atoms with Crippen LogP contribution in [0.5, 0.6) is 5.75 Å². The van der Waals surface area contributed by atoms with Crippen molar-refractivity contribution in [1.82, 2.24) is 4.98 Å². The summed E-state index contributed by atoms with van der Waals surface area (Å²) in [5, 5.41) is 9.26. The Morgan fingerprint density at radius 3 is 2.76 bits per heavy atom. The van der Waals surface area contributed by atoms with Gasteiger partial charge in [-0.15, -0.1) is 0 Å². The average Bonchev–Trinajstić information content (AvgIpc) is 2.24. The number of rotatable bonds is 4. The number of hydrogen-bond donors (Lipinski definition) is 1. The molecule has 4 nitrogen and oxygen atoms in total. The van der Waals surface area contributed by atoms with Crippen molar-refractivity contribution < 1.29 is 27.8 Å². The summed E-state index contributed by atoms with van der Waals surface area (Å²) in [6.07, 6.45) is -3.05. The number of esters is 1. The van der Waals surface area contributed by atoms with Gasteiger partial charge < -0.3 is 9.84 Å². The van der Waals surface area contributed by atoms with Gasteiger partial charge in [-0.25, -0.2) is 18.2 Å². The van der Waals surface area contributed by atoms with Crippen LogP contribution in [-0.2, 0) is 16.0 Å². The Hall–Kier alpha value is -1.79. The van der Waals surface area contributed by atoms with Gasteiger partial charge in [-0.1, -0.05) is 0 Å². The number of halogens is 3. The number of hydrogen-bond acceptors (Lipinski definition) is 4. The molecule has 0 unspecified atom stereocenters. The third-order valence-corrected chi connectivity index (χ3v) is 1.96. The van der Waals surface area contributed by atoms with E-state index in [1.54, 1.807) is 6.92 Å². The Kier molecular flexibility index (Phi) is 4.30. The quantitative estimate of drug-likeness (QED) is 0.829. The lowest BCUT2D eigenvalue weighted by molar-refractivity contribution is -0.142. The molecule has 94 valence electrons. The number of alkyl halides is 2. The summed E-state index contributed by atoms with van der Waals surface area (Å²) in [6.45, 7) is 1.62. The highest BCUT2D eigenvalue weighted by Crippen LogP contribution is 2.27. The molecule has 0 aromatic carbocycles. The van der Waals surface area contributed by atoms with E-state index in [1.165, 1.54) is 0 Å². The number of ether oxygens (including phenoxy) is 1. The van der Waals surface area contributed by atoms with Gasteiger partial charge in [0, 0.05) is 5.56 Å². The molecule has 0 fully saturated rings. The molecular formula is C10H10F3NO3. The first kappa shape index (κ1) is 13.3. The first-order valence-corrected chi connectivity index (χ1v) is 4.77. The highest BCUT2D eigenvalue weighted by Gasteiger charge is 2.22. The first-order chi connectivity index (χ1) is 7.97. The molecule has 17 heavy (non-hydrogen) atoms. The van der Waals surface area contributed by atoms with Crippen molar-refractivity contribution in [1.29, 1.82) is 0 Å². The summed E-state index contributed by atoms with van der Waals surface area (Å²) < 4.78 is 42.7. The molecule has 0 saturated carbocycles. The molecule has 1 heterocycles. The standard InChI is InChI=1S/C10H10F3NO3/c1-2-17-7(16)3-5-6(15)4-14-9(8(5)11)10(12)13/h4,10,15H,2-3H2,1H3. The van der Waals surface area contributed by atoms with Crippen LogP contribution < -0.4 is 0 Å². The molecule has 1 aromatic heterocycles. The van der Waals surface area contributed by atoms with Gasteiger partial charge in [0.15, 0.2) is 5.82 Å². The van der Waals surface area contributed by atoms with Crippen LogP contribution in [-0.4, -0.2) is 22.7 Å². The van der Waals surface area contributed by atoms with Crippen LogP contribution in [0.3, 0.4) is 0 Å². The van der Waals surface area contributed by atoms with Gasteiger partial charge in [0.1, 0.15) is 11.4 Å². The smallest absolute Gasteiger partial charge is 0.310 e. The minimum atomic E-state index is -3.11. The van der Waals surface area contributed by atoms with Crippen molar-refractivity contribution in [3.63, 3.8) is 0 Å². The summed E-state index contributed by atoms with van der Waals surface area (Å²) in [7, 11) is 0. The van der Waals surface area contributed by atoms with Crippen molar-refractivity contribution in [3.8, 4) is 5.75 Å². The van der Waals surface area contributed by atoms with Crippen molar-refractivity contribution in [2.45, 2.75) is 19.8 Å². The summed E-state index contributed by atoms with van der Waals surface area (Å²) in [5.41, 5.74) is -1.63. The van der Waals surface area contributed by atoms with Crippen LogP contribution in [0.25, 0.3) is 0 Å². The maximum atomic E-state index is 13.5. The molecule has 0 amide bonds. The number of aromatic hydroxyl groups is 1. The molecule has 0 saturated heterocycles. The van der Waals surface area contributed by atoms with Crippen LogP contribution in [0.1, 0.15) is 24.6 Å². The third-order valence-electron chi connectivity index (χ3n) is 1.96. The molecule has 0 aliphatic rings.